The summed E-state index contributed by atoms with van der Waals surface area (Å²) in [6.07, 6.45) is 1.76. The second-order valence-electron chi connectivity index (χ2n) is 7.13. The molecule has 0 spiro atoms. The molecule has 0 saturated carbocycles. The van der Waals surface area contributed by atoms with Crippen molar-refractivity contribution >= 4 is 17.2 Å². The lowest BCUT2D eigenvalue weighted by molar-refractivity contribution is 0.1000. The molecule has 3 aromatic rings. The maximum Gasteiger partial charge on any atom is 0.250 e. The Bertz CT molecular complexity index is 985. The summed E-state index contributed by atoms with van der Waals surface area (Å²) in [7, 11) is 0. The van der Waals surface area contributed by atoms with E-state index in [4.69, 9.17) is 5.73 Å². The minimum absolute atomic E-state index is 0.444. The Morgan fingerprint density at radius 2 is 2.00 bits per heavy atom. The molecule has 0 aliphatic heterocycles. The van der Waals surface area contributed by atoms with Crippen LogP contribution in [0.2, 0.25) is 0 Å². The van der Waals surface area contributed by atoms with Gasteiger partial charge >= 0.3 is 0 Å². The summed E-state index contributed by atoms with van der Waals surface area (Å²) in [6.45, 7) is 11.2. The third-order valence-electron chi connectivity index (χ3n) is 5.00. The zero-order valence-electron chi connectivity index (χ0n) is 16.1. The largest absolute Gasteiger partial charge is 0.378 e. The maximum absolute atomic E-state index is 11.7. The average molecular weight is 350 g/mol. The quantitative estimate of drug-likeness (QED) is 0.728. The zero-order chi connectivity index (χ0) is 19.0. The highest BCUT2D eigenvalue weighted by atomic mass is 16.1. The summed E-state index contributed by atoms with van der Waals surface area (Å²) in [5.41, 5.74) is 13.4. The molecule has 0 aliphatic rings. The van der Waals surface area contributed by atoms with E-state index in [1.165, 1.54) is 16.7 Å². The van der Waals surface area contributed by atoms with Crippen LogP contribution < -0.4 is 11.1 Å². The molecule has 3 rings (SSSR count). The molecular formula is C21H26N4O. The van der Waals surface area contributed by atoms with E-state index in [2.05, 4.69) is 49.3 Å². The highest BCUT2D eigenvalue weighted by Gasteiger charge is 2.14. The van der Waals surface area contributed by atoms with Crippen LogP contribution >= 0.6 is 0 Å². The van der Waals surface area contributed by atoms with Gasteiger partial charge in [0.25, 0.3) is 0 Å². The van der Waals surface area contributed by atoms with Gasteiger partial charge in [0.05, 0.1) is 16.9 Å². The number of primary amides is 1. The van der Waals surface area contributed by atoms with Crippen molar-refractivity contribution in [2.24, 2.45) is 5.73 Å². The van der Waals surface area contributed by atoms with Crippen molar-refractivity contribution in [2.45, 2.75) is 47.1 Å². The minimum Gasteiger partial charge on any atom is -0.378 e. The van der Waals surface area contributed by atoms with E-state index in [1.54, 1.807) is 12.3 Å². The third kappa shape index (κ3) is 3.17. The summed E-state index contributed by atoms with van der Waals surface area (Å²) < 4.78 is 1.93. The van der Waals surface area contributed by atoms with Gasteiger partial charge in [-0.05, 0) is 49.4 Å². The first-order valence-corrected chi connectivity index (χ1v) is 8.91. The molecule has 26 heavy (non-hydrogen) atoms. The number of fused-ring (bicyclic) bond motifs is 1. The van der Waals surface area contributed by atoms with Gasteiger partial charge in [-0.15, -0.1) is 0 Å². The van der Waals surface area contributed by atoms with E-state index in [-0.39, 0.29) is 0 Å². The SMILES string of the molecule is Cc1cccc(C(C)C)c1CNc1cc(C(N)=O)cn2c(C)c(C)nc12. The van der Waals surface area contributed by atoms with Crippen molar-refractivity contribution in [2.75, 3.05) is 5.32 Å². The molecule has 0 unspecified atom stereocenters. The molecule has 5 nitrogen and oxygen atoms in total. The van der Waals surface area contributed by atoms with Crippen LogP contribution in [-0.4, -0.2) is 15.3 Å². The average Bonchev–Trinajstić information content (AvgIpc) is 2.88. The third-order valence-corrected chi connectivity index (χ3v) is 5.00. The molecule has 0 fully saturated rings. The standard InChI is InChI=1S/C21H26N4O/c1-12(2)17-8-6-7-13(3)18(17)10-23-19-9-16(20(22)26)11-25-15(5)14(4)24-21(19)25/h6-9,11-12,23H,10H2,1-5H3,(H2,22,26). The van der Waals surface area contributed by atoms with Gasteiger partial charge in [0.1, 0.15) is 0 Å². The number of benzene rings is 1. The second kappa shape index (κ2) is 6.83. The Morgan fingerprint density at radius 3 is 2.65 bits per heavy atom. The predicted molar refractivity (Wildman–Crippen MR) is 106 cm³/mol. The normalized spacial score (nSPS) is 11.3. The van der Waals surface area contributed by atoms with Crippen LogP contribution in [0.1, 0.15) is 58.2 Å². The van der Waals surface area contributed by atoms with Gasteiger partial charge in [-0.25, -0.2) is 4.98 Å². The first-order chi connectivity index (χ1) is 12.3. The van der Waals surface area contributed by atoms with Crippen molar-refractivity contribution in [3.8, 4) is 0 Å². The number of aromatic nitrogens is 2. The van der Waals surface area contributed by atoms with Crippen LogP contribution in [0.5, 0.6) is 0 Å². The minimum atomic E-state index is -0.445. The van der Waals surface area contributed by atoms with E-state index in [0.717, 1.165) is 22.7 Å². The fourth-order valence-corrected chi connectivity index (χ4v) is 3.33. The number of nitrogens with one attached hydrogen (secondary N) is 1. The number of amides is 1. The molecule has 0 radical (unpaired) electrons. The molecule has 2 aromatic heterocycles. The number of pyridine rings is 1. The molecule has 5 heteroatoms. The molecule has 1 amide bonds. The number of carbonyl (C=O) groups excluding carboxylic acids is 1. The van der Waals surface area contributed by atoms with E-state index >= 15 is 0 Å². The number of anilines is 1. The fourth-order valence-electron chi connectivity index (χ4n) is 3.33. The Kier molecular flexibility index (Phi) is 4.72. The van der Waals surface area contributed by atoms with Crippen molar-refractivity contribution in [3.05, 3.63) is 64.1 Å². The molecule has 136 valence electrons. The van der Waals surface area contributed by atoms with Crippen LogP contribution in [0.3, 0.4) is 0 Å². The Hall–Kier alpha value is -2.82. The van der Waals surface area contributed by atoms with Crippen molar-refractivity contribution in [1.82, 2.24) is 9.38 Å². The van der Waals surface area contributed by atoms with Gasteiger partial charge in [-0.1, -0.05) is 32.0 Å². The van der Waals surface area contributed by atoms with Gasteiger partial charge < -0.3 is 15.5 Å². The Balaban J connectivity index is 2.05. The van der Waals surface area contributed by atoms with E-state index in [9.17, 15) is 4.79 Å². The zero-order valence-corrected chi connectivity index (χ0v) is 16.1. The summed E-state index contributed by atoms with van der Waals surface area (Å²) in [5.74, 6) is -0.000879. The van der Waals surface area contributed by atoms with Crippen LogP contribution in [0.25, 0.3) is 5.65 Å². The highest BCUT2D eigenvalue weighted by molar-refractivity contribution is 5.94. The number of rotatable bonds is 5. The number of aryl methyl sites for hydroxylation is 3. The van der Waals surface area contributed by atoms with Crippen LogP contribution in [0, 0.1) is 20.8 Å². The van der Waals surface area contributed by atoms with Gasteiger partial charge in [0, 0.05) is 18.4 Å². The first kappa shape index (κ1) is 18.0. The summed E-state index contributed by atoms with van der Waals surface area (Å²) >= 11 is 0. The van der Waals surface area contributed by atoms with Gasteiger partial charge in [0.2, 0.25) is 5.91 Å². The number of hydrogen-bond acceptors (Lipinski definition) is 3. The molecule has 0 bridgehead atoms. The molecule has 3 N–H and O–H groups in total. The molecule has 0 aliphatic carbocycles. The van der Waals surface area contributed by atoms with Crippen LogP contribution in [0.4, 0.5) is 5.69 Å². The van der Waals surface area contributed by atoms with Gasteiger partial charge in [-0.3, -0.25) is 4.79 Å². The molecule has 0 atom stereocenters. The topological polar surface area (TPSA) is 72.4 Å². The van der Waals surface area contributed by atoms with Gasteiger partial charge in [0.15, 0.2) is 5.65 Å². The van der Waals surface area contributed by atoms with E-state index < -0.39 is 5.91 Å². The molecule has 1 aromatic carbocycles. The Labute approximate surface area is 154 Å². The van der Waals surface area contributed by atoms with Gasteiger partial charge in [-0.2, -0.15) is 0 Å². The lowest BCUT2D eigenvalue weighted by Crippen LogP contribution is -2.14. The monoisotopic (exact) mass is 350 g/mol. The van der Waals surface area contributed by atoms with Crippen molar-refractivity contribution < 1.29 is 4.79 Å². The first-order valence-electron chi connectivity index (χ1n) is 8.91. The lowest BCUT2D eigenvalue weighted by Gasteiger charge is -2.17. The molecule has 2 heterocycles. The van der Waals surface area contributed by atoms with Crippen LogP contribution in [0.15, 0.2) is 30.5 Å². The number of imidazole rings is 1. The van der Waals surface area contributed by atoms with Crippen LogP contribution in [-0.2, 0) is 6.54 Å². The highest BCUT2D eigenvalue weighted by Crippen LogP contribution is 2.26. The number of nitrogens with zero attached hydrogens (tertiary/aromatic N) is 2. The van der Waals surface area contributed by atoms with Crippen molar-refractivity contribution in [1.29, 1.82) is 0 Å². The Morgan fingerprint density at radius 1 is 1.27 bits per heavy atom. The van der Waals surface area contributed by atoms with Crippen molar-refractivity contribution in [3.63, 3.8) is 0 Å². The van der Waals surface area contributed by atoms with E-state index in [1.807, 2.05) is 18.2 Å². The number of carbonyl (C=O) groups is 1. The lowest BCUT2D eigenvalue weighted by atomic mass is 9.94. The maximum atomic E-state index is 11.7. The predicted octanol–water partition coefficient (Wildman–Crippen LogP) is 4.09. The molecular weight excluding hydrogens is 324 g/mol. The summed E-state index contributed by atoms with van der Waals surface area (Å²) in [6, 6.07) is 8.19. The summed E-state index contributed by atoms with van der Waals surface area (Å²) in [4.78, 5) is 16.4. The molecule has 0 saturated heterocycles. The second-order valence-corrected chi connectivity index (χ2v) is 7.13. The van der Waals surface area contributed by atoms with E-state index in [0.29, 0.717) is 18.0 Å². The number of hydrogen-bond donors (Lipinski definition) is 2. The number of nitrogens with two attached hydrogens (primary N) is 1. The summed E-state index contributed by atoms with van der Waals surface area (Å²) in [5, 5.41) is 3.48. The smallest absolute Gasteiger partial charge is 0.250 e. The fraction of sp³-hybridized carbons (Fsp3) is 0.333.